The lowest BCUT2D eigenvalue weighted by atomic mass is 9.77. The Morgan fingerprint density at radius 3 is 3.18 bits per heavy atom. The molecule has 1 aliphatic heterocycles. The van der Waals surface area contributed by atoms with Crippen molar-refractivity contribution in [1.82, 2.24) is 14.9 Å². The van der Waals surface area contributed by atoms with E-state index in [1.165, 1.54) is 30.6 Å². The highest BCUT2D eigenvalue weighted by Gasteiger charge is 2.35. The molecule has 1 saturated heterocycles. The van der Waals surface area contributed by atoms with Gasteiger partial charge in [-0.15, -0.1) is 0 Å². The van der Waals surface area contributed by atoms with Crippen molar-refractivity contribution < 1.29 is 0 Å². The Kier molecular flexibility index (Phi) is 2.74. The first-order valence-corrected chi connectivity index (χ1v) is 6.62. The summed E-state index contributed by atoms with van der Waals surface area (Å²) in [5.74, 6) is 1.19. The number of likely N-dealkylation sites (tertiary alicyclic amines) is 1. The second-order valence-corrected chi connectivity index (χ2v) is 5.21. The highest BCUT2D eigenvalue weighted by molar-refractivity contribution is 5.29. The first kappa shape index (κ1) is 11.0. The summed E-state index contributed by atoms with van der Waals surface area (Å²) in [6.45, 7) is 4.67. The zero-order valence-corrected chi connectivity index (χ0v) is 10.4. The molecule has 1 aliphatic carbocycles. The topological polar surface area (TPSA) is 55.0 Å². The fourth-order valence-corrected chi connectivity index (χ4v) is 3.42. The van der Waals surface area contributed by atoms with E-state index in [9.17, 15) is 0 Å². The summed E-state index contributed by atoms with van der Waals surface area (Å²) in [6, 6.07) is 0.702. The fourth-order valence-electron chi connectivity index (χ4n) is 3.42. The van der Waals surface area contributed by atoms with E-state index in [1.807, 2.05) is 6.20 Å². The van der Waals surface area contributed by atoms with Crippen LogP contribution < -0.4 is 5.73 Å². The molecule has 1 aromatic heterocycles. The molecule has 2 atom stereocenters. The molecule has 0 unspecified atom stereocenters. The first-order valence-electron chi connectivity index (χ1n) is 6.62. The van der Waals surface area contributed by atoms with Gasteiger partial charge in [-0.1, -0.05) is 6.92 Å². The van der Waals surface area contributed by atoms with E-state index in [1.54, 1.807) is 0 Å². The molecule has 2 aliphatic rings. The third kappa shape index (κ3) is 1.90. The zero-order chi connectivity index (χ0) is 11.8. The molecular formula is C13H20N4. The third-order valence-electron chi connectivity index (χ3n) is 4.30. The van der Waals surface area contributed by atoms with Gasteiger partial charge in [0, 0.05) is 17.9 Å². The number of piperidine rings is 1. The number of nitrogens with zero attached hydrogens (tertiary/aromatic N) is 3. The Bertz CT molecular complexity index is 418. The van der Waals surface area contributed by atoms with Crippen LogP contribution in [0.1, 0.15) is 31.0 Å². The largest absolute Gasteiger partial charge is 0.368 e. The Balaban J connectivity index is 1.90. The summed E-state index contributed by atoms with van der Waals surface area (Å²) in [5, 5.41) is 0. The highest BCUT2D eigenvalue weighted by Crippen LogP contribution is 2.33. The van der Waals surface area contributed by atoms with Gasteiger partial charge >= 0.3 is 0 Å². The van der Waals surface area contributed by atoms with Crippen LogP contribution in [0, 0.1) is 5.92 Å². The van der Waals surface area contributed by atoms with Crippen molar-refractivity contribution in [2.75, 3.05) is 18.8 Å². The van der Waals surface area contributed by atoms with Crippen molar-refractivity contribution in [2.24, 2.45) is 5.92 Å². The maximum atomic E-state index is 5.67. The number of likely N-dealkylation sites (N-methyl/N-ethyl adjacent to an activating group) is 1. The molecule has 0 saturated carbocycles. The van der Waals surface area contributed by atoms with Crippen molar-refractivity contribution in [2.45, 2.75) is 38.6 Å². The van der Waals surface area contributed by atoms with Gasteiger partial charge < -0.3 is 10.6 Å². The average molecular weight is 232 g/mol. The minimum atomic E-state index is 0.422. The van der Waals surface area contributed by atoms with E-state index >= 15 is 0 Å². The number of aromatic nitrogens is 2. The number of fused-ring (bicyclic) bond motifs is 2. The Labute approximate surface area is 102 Å². The number of anilines is 1. The van der Waals surface area contributed by atoms with Gasteiger partial charge in [0.25, 0.3) is 0 Å². The highest BCUT2D eigenvalue weighted by atomic mass is 15.2. The maximum absolute atomic E-state index is 5.67. The summed E-state index contributed by atoms with van der Waals surface area (Å²) in [5.41, 5.74) is 8.17. The summed E-state index contributed by atoms with van der Waals surface area (Å²) >= 11 is 0. The SMILES string of the molecule is CCN1CCC[C@H]2Cc3nc(N)ncc3C[C@@H]21. The molecule has 1 aromatic rings. The van der Waals surface area contributed by atoms with Crippen molar-refractivity contribution in [3.63, 3.8) is 0 Å². The lowest BCUT2D eigenvalue weighted by molar-refractivity contribution is 0.0899. The fraction of sp³-hybridized carbons (Fsp3) is 0.692. The lowest BCUT2D eigenvalue weighted by Crippen LogP contribution is -2.49. The van der Waals surface area contributed by atoms with Crippen molar-refractivity contribution in [3.05, 3.63) is 17.5 Å². The normalized spacial score (nSPS) is 28.5. The molecule has 4 nitrogen and oxygen atoms in total. The van der Waals surface area contributed by atoms with Crippen LogP contribution >= 0.6 is 0 Å². The van der Waals surface area contributed by atoms with E-state index in [2.05, 4.69) is 21.8 Å². The molecule has 0 radical (unpaired) electrons. The number of hydrogen-bond donors (Lipinski definition) is 1. The molecule has 2 heterocycles. The standard InChI is InChI=1S/C13H20N4/c1-2-17-5-3-4-9-6-11-10(7-12(9)17)8-15-13(14)16-11/h8-9,12H,2-7H2,1H3,(H2,14,15,16)/t9-,12-/m0/s1. The van der Waals surface area contributed by atoms with E-state index in [4.69, 9.17) is 5.73 Å². The molecule has 0 spiro atoms. The van der Waals surface area contributed by atoms with Crippen LogP contribution in [0.4, 0.5) is 5.95 Å². The van der Waals surface area contributed by atoms with Crippen molar-refractivity contribution in [1.29, 1.82) is 0 Å². The van der Waals surface area contributed by atoms with Crippen molar-refractivity contribution >= 4 is 5.95 Å². The number of hydrogen-bond acceptors (Lipinski definition) is 4. The minimum Gasteiger partial charge on any atom is -0.368 e. The van der Waals surface area contributed by atoms with Gasteiger partial charge in [0.2, 0.25) is 5.95 Å². The molecular weight excluding hydrogens is 212 g/mol. The average Bonchev–Trinajstić information content (AvgIpc) is 2.35. The second kappa shape index (κ2) is 4.26. The predicted octanol–water partition coefficient (Wildman–Crippen LogP) is 1.26. The Morgan fingerprint density at radius 1 is 1.47 bits per heavy atom. The number of rotatable bonds is 1. The summed E-state index contributed by atoms with van der Waals surface area (Å²) in [6.07, 6.45) is 6.78. The monoisotopic (exact) mass is 232 g/mol. The minimum absolute atomic E-state index is 0.422. The van der Waals surface area contributed by atoms with Gasteiger partial charge in [-0.2, -0.15) is 0 Å². The van der Waals surface area contributed by atoms with Gasteiger partial charge in [-0.3, -0.25) is 0 Å². The molecule has 0 amide bonds. The quantitative estimate of drug-likeness (QED) is 0.792. The molecule has 1 fully saturated rings. The molecule has 17 heavy (non-hydrogen) atoms. The smallest absolute Gasteiger partial charge is 0.220 e. The van der Waals surface area contributed by atoms with Crippen LogP contribution in [0.15, 0.2) is 6.20 Å². The lowest BCUT2D eigenvalue weighted by Gasteiger charge is -2.43. The molecule has 92 valence electrons. The summed E-state index contributed by atoms with van der Waals surface area (Å²) in [7, 11) is 0. The predicted molar refractivity (Wildman–Crippen MR) is 67.6 cm³/mol. The van der Waals surface area contributed by atoms with Crippen LogP contribution in [0.25, 0.3) is 0 Å². The van der Waals surface area contributed by atoms with Gasteiger partial charge in [0.15, 0.2) is 0 Å². The molecule has 0 bridgehead atoms. The molecule has 3 rings (SSSR count). The van der Waals surface area contributed by atoms with Crippen LogP contribution in [0.5, 0.6) is 0 Å². The van der Waals surface area contributed by atoms with E-state index in [0.29, 0.717) is 12.0 Å². The summed E-state index contributed by atoms with van der Waals surface area (Å²) in [4.78, 5) is 11.2. The maximum Gasteiger partial charge on any atom is 0.220 e. The summed E-state index contributed by atoms with van der Waals surface area (Å²) < 4.78 is 0. The Morgan fingerprint density at radius 2 is 2.35 bits per heavy atom. The van der Waals surface area contributed by atoms with E-state index in [0.717, 1.165) is 25.3 Å². The van der Waals surface area contributed by atoms with Gasteiger partial charge in [-0.25, -0.2) is 9.97 Å². The molecule has 0 aromatic carbocycles. The van der Waals surface area contributed by atoms with Crippen molar-refractivity contribution in [3.8, 4) is 0 Å². The first-order chi connectivity index (χ1) is 8.28. The van der Waals surface area contributed by atoms with Gasteiger partial charge in [-0.05, 0) is 50.3 Å². The third-order valence-corrected chi connectivity index (χ3v) is 4.30. The second-order valence-electron chi connectivity index (χ2n) is 5.21. The number of nitrogen functional groups attached to an aromatic ring is 1. The van der Waals surface area contributed by atoms with Gasteiger partial charge in [0.05, 0.1) is 0 Å². The van der Waals surface area contributed by atoms with E-state index < -0.39 is 0 Å². The van der Waals surface area contributed by atoms with Crippen LogP contribution in [0.2, 0.25) is 0 Å². The molecule has 2 N–H and O–H groups in total. The van der Waals surface area contributed by atoms with Gasteiger partial charge in [0.1, 0.15) is 0 Å². The van der Waals surface area contributed by atoms with E-state index in [-0.39, 0.29) is 0 Å². The van der Waals surface area contributed by atoms with Crippen LogP contribution in [-0.2, 0) is 12.8 Å². The molecule has 4 heteroatoms. The number of nitrogens with two attached hydrogens (primary N) is 1. The zero-order valence-electron chi connectivity index (χ0n) is 10.4. The van der Waals surface area contributed by atoms with Crippen LogP contribution in [-0.4, -0.2) is 34.0 Å². The Hall–Kier alpha value is -1.16. The van der Waals surface area contributed by atoms with Crippen LogP contribution in [0.3, 0.4) is 0 Å².